The number of primary amides is 1. The van der Waals surface area contributed by atoms with Gasteiger partial charge < -0.3 is 10.6 Å². The third kappa shape index (κ3) is 2.31. The number of nitrogens with zero attached hydrogens (tertiary/aromatic N) is 1. The lowest BCUT2D eigenvalue weighted by molar-refractivity contribution is 0.100. The van der Waals surface area contributed by atoms with Gasteiger partial charge in [-0.25, -0.2) is 0 Å². The first-order chi connectivity index (χ1) is 7.16. The van der Waals surface area contributed by atoms with E-state index in [0.717, 1.165) is 23.2 Å². The van der Waals surface area contributed by atoms with Gasteiger partial charge in [-0.15, -0.1) is 0 Å². The average molecular weight is 269 g/mol. The van der Waals surface area contributed by atoms with Gasteiger partial charge in [-0.05, 0) is 31.0 Å². The molecule has 1 amide bonds. The van der Waals surface area contributed by atoms with Crippen molar-refractivity contribution in [2.45, 2.75) is 12.8 Å². The summed E-state index contributed by atoms with van der Waals surface area (Å²) in [5.74, 6) is -0.378. The zero-order valence-corrected chi connectivity index (χ0v) is 9.96. The lowest BCUT2D eigenvalue weighted by Crippen LogP contribution is -2.19. The summed E-state index contributed by atoms with van der Waals surface area (Å²) >= 11 is 3.39. The number of nitrogens with two attached hydrogens (primary N) is 1. The summed E-state index contributed by atoms with van der Waals surface area (Å²) in [6.45, 7) is 2.13. The van der Waals surface area contributed by atoms with E-state index >= 15 is 0 Å². The number of halogens is 1. The van der Waals surface area contributed by atoms with Gasteiger partial charge in [0.15, 0.2) is 0 Å². The van der Waals surface area contributed by atoms with Gasteiger partial charge in [-0.2, -0.15) is 0 Å². The van der Waals surface area contributed by atoms with Crippen LogP contribution in [0.3, 0.4) is 0 Å². The summed E-state index contributed by atoms with van der Waals surface area (Å²) in [6.07, 6.45) is 2.44. The monoisotopic (exact) mass is 268 g/mol. The smallest absolute Gasteiger partial charge is 0.248 e. The number of carbonyl (C=O) groups is 1. The van der Waals surface area contributed by atoms with E-state index in [1.165, 1.54) is 12.8 Å². The van der Waals surface area contributed by atoms with E-state index in [-0.39, 0.29) is 5.91 Å². The first-order valence-electron chi connectivity index (χ1n) is 5.02. The standard InChI is InChI=1S/C11H13BrN2O/c12-9-5-8(11(13)15)6-10(7-9)14-3-1-2-4-14/h5-7H,1-4H2,(H2,13,15). The van der Waals surface area contributed by atoms with Crippen molar-refractivity contribution in [1.82, 2.24) is 0 Å². The molecule has 0 saturated carbocycles. The van der Waals surface area contributed by atoms with Gasteiger partial charge in [-0.3, -0.25) is 4.79 Å². The summed E-state index contributed by atoms with van der Waals surface area (Å²) in [7, 11) is 0. The molecule has 1 heterocycles. The highest BCUT2D eigenvalue weighted by molar-refractivity contribution is 9.10. The second-order valence-corrected chi connectivity index (χ2v) is 4.67. The first kappa shape index (κ1) is 10.5. The minimum atomic E-state index is -0.378. The maximum absolute atomic E-state index is 11.1. The lowest BCUT2D eigenvalue weighted by Gasteiger charge is -2.18. The minimum absolute atomic E-state index is 0.378. The molecule has 0 bridgehead atoms. The molecule has 1 saturated heterocycles. The summed E-state index contributed by atoms with van der Waals surface area (Å²) in [4.78, 5) is 13.4. The molecule has 1 aliphatic heterocycles. The number of hydrogen-bond acceptors (Lipinski definition) is 2. The zero-order valence-electron chi connectivity index (χ0n) is 8.37. The second-order valence-electron chi connectivity index (χ2n) is 3.76. The van der Waals surface area contributed by atoms with Crippen molar-refractivity contribution in [3.05, 3.63) is 28.2 Å². The molecule has 2 N–H and O–H groups in total. The molecule has 3 nitrogen and oxygen atoms in total. The quantitative estimate of drug-likeness (QED) is 0.894. The normalized spacial score (nSPS) is 15.7. The van der Waals surface area contributed by atoms with Gasteiger partial charge >= 0.3 is 0 Å². The van der Waals surface area contributed by atoms with Gasteiger partial charge in [-0.1, -0.05) is 15.9 Å². The molecule has 1 aromatic rings. The van der Waals surface area contributed by atoms with Crippen LogP contribution in [0.1, 0.15) is 23.2 Å². The minimum Gasteiger partial charge on any atom is -0.371 e. The third-order valence-corrected chi connectivity index (χ3v) is 3.10. The Morgan fingerprint density at radius 2 is 1.93 bits per heavy atom. The fraction of sp³-hybridized carbons (Fsp3) is 0.364. The Balaban J connectivity index is 2.34. The van der Waals surface area contributed by atoms with Crippen LogP contribution in [-0.2, 0) is 0 Å². The van der Waals surface area contributed by atoms with Crippen molar-refractivity contribution < 1.29 is 4.79 Å². The Bertz CT molecular complexity index is 386. The lowest BCUT2D eigenvalue weighted by atomic mass is 10.2. The molecule has 0 spiro atoms. The largest absolute Gasteiger partial charge is 0.371 e. The Kier molecular flexibility index (Phi) is 2.95. The molecule has 0 aliphatic carbocycles. The van der Waals surface area contributed by atoms with Crippen molar-refractivity contribution in [2.75, 3.05) is 18.0 Å². The van der Waals surface area contributed by atoms with Crippen LogP contribution >= 0.6 is 15.9 Å². The highest BCUT2D eigenvalue weighted by atomic mass is 79.9. The molecular weight excluding hydrogens is 256 g/mol. The molecule has 0 unspecified atom stereocenters. The topological polar surface area (TPSA) is 46.3 Å². The maximum atomic E-state index is 11.1. The Morgan fingerprint density at radius 1 is 1.27 bits per heavy atom. The molecule has 0 aromatic heterocycles. The van der Waals surface area contributed by atoms with Crippen molar-refractivity contribution in [3.63, 3.8) is 0 Å². The molecule has 0 atom stereocenters. The summed E-state index contributed by atoms with van der Waals surface area (Å²) < 4.78 is 0.903. The van der Waals surface area contributed by atoms with E-state index in [1.54, 1.807) is 6.07 Å². The van der Waals surface area contributed by atoms with Gasteiger partial charge in [0.05, 0.1) is 0 Å². The fourth-order valence-corrected chi connectivity index (χ4v) is 2.36. The van der Waals surface area contributed by atoms with Crippen LogP contribution in [-0.4, -0.2) is 19.0 Å². The fourth-order valence-electron chi connectivity index (χ4n) is 1.87. The van der Waals surface area contributed by atoms with Crippen LogP contribution in [0.5, 0.6) is 0 Å². The van der Waals surface area contributed by atoms with E-state index in [9.17, 15) is 4.79 Å². The van der Waals surface area contributed by atoms with E-state index in [0.29, 0.717) is 5.56 Å². The average Bonchev–Trinajstić information content (AvgIpc) is 2.69. The molecule has 2 rings (SSSR count). The number of carbonyl (C=O) groups excluding carboxylic acids is 1. The maximum Gasteiger partial charge on any atom is 0.248 e. The Morgan fingerprint density at radius 3 is 2.53 bits per heavy atom. The van der Waals surface area contributed by atoms with Crippen LogP contribution in [0.25, 0.3) is 0 Å². The first-order valence-corrected chi connectivity index (χ1v) is 5.81. The highest BCUT2D eigenvalue weighted by Gasteiger charge is 2.14. The molecule has 1 aliphatic rings. The van der Waals surface area contributed by atoms with E-state index in [1.807, 2.05) is 12.1 Å². The summed E-state index contributed by atoms with van der Waals surface area (Å²) in [5, 5.41) is 0. The van der Waals surface area contributed by atoms with E-state index in [4.69, 9.17) is 5.73 Å². The van der Waals surface area contributed by atoms with Crippen molar-refractivity contribution in [3.8, 4) is 0 Å². The second kappa shape index (κ2) is 4.23. The van der Waals surface area contributed by atoms with Gasteiger partial charge in [0.1, 0.15) is 0 Å². The highest BCUT2D eigenvalue weighted by Crippen LogP contribution is 2.25. The van der Waals surface area contributed by atoms with Crippen molar-refractivity contribution >= 4 is 27.5 Å². The Hall–Kier alpha value is -1.03. The molecule has 1 aromatic carbocycles. The van der Waals surface area contributed by atoms with Gasteiger partial charge in [0.2, 0.25) is 5.91 Å². The van der Waals surface area contributed by atoms with Crippen LogP contribution in [0, 0.1) is 0 Å². The molecule has 1 fully saturated rings. The van der Waals surface area contributed by atoms with Crippen LogP contribution < -0.4 is 10.6 Å². The Labute approximate surface area is 97.4 Å². The van der Waals surface area contributed by atoms with Gasteiger partial charge in [0.25, 0.3) is 0 Å². The number of benzene rings is 1. The van der Waals surface area contributed by atoms with Crippen LogP contribution in [0.15, 0.2) is 22.7 Å². The van der Waals surface area contributed by atoms with E-state index in [2.05, 4.69) is 20.8 Å². The summed E-state index contributed by atoms with van der Waals surface area (Å²) in [5.41, 5.74) is 6.91. The molecule has 80 valence electrons. The molecular formula is C11H13BrN2O. The predicted octanol–water partition coefficient (Wildman–Crippen LogP) is 2.15. The van der Waals surface area contributed by atoms with Crippen molar-refractivity contribution in [2.24, 2.45) is 5.73 Å². The molecule has 4 heteroatoms. The van der Waals surface area contributed by atoms with Gasteiger partial charge in [0, 0.05) is 28.8 Å². The number of anilines is 1. The third-order valence-electron chi connectivity index (χ3n) is 2.64. The predicted molar refractivity (Wildman–Crippen MR) is 64.1 cm³/mol. The molecule has 0 radical (unpaired) electrons. The van der Waals surface area contributed by atoms with Crippen molar-refractivity contribution in [1.29, 1.82) is 0 Å². The summed E-state index contributed by atoms with van der Waals surface area (Å²) in [6, 6.07) is 5.64. The van der Waals surface area contributed by atoms with Crippen LogP contribution in [0.4, 0.5) is 5.69 Å². The zero-order chi connectivity index (χ0) is 10.8. The number of hydrogen-bond donors (Lipinski definition) is 1. The van der Waals surface area contributed by atoms with E-state index < -0.39 is 0 Å². The van der Waals surface area contributed by atoms with Crippen LogP contribution in [0.2, 0.25) is 0 Å². The number of amides is 1. The molecule has 15 heavy (non-hydrogen) atoms. The SMILES string of the molecule is NC(=O)c1cc(Br)cc(N2CCCC2)c1. The number of rotatable bonds is 2.